The lowest BCUT2D eigenvalue weighted by Gasteiger charge is -2.10. The average Bonchev–Trinajstić information content (AvgIpc) is 2.64. The molecule has 1 atom stereocenters. The van der Waals surface area contributed by atoms with Crippen molar-refractivity contribution in [3.05, 3.63) is 35.6 Å². The molecule has 0 radical (unpaired) electrons. The van der Waals surface area contributed by atoms with Gasteiger partial charge in [0.25, 0.3) is 6.01 Å². The fourth-order valence-electron chi connectivity index (χ4n) is 1.68. The molecule has 2 nitrogen and oxygen atoms in total. The lowest BCUT2D eigenvalue weighted by molar-refractivity contribution is 0.381. The maximum atomic E-state index is 13.9. The van der Waals surface area contributed by atoms with Crippen LogP contribution in [0.25, 0.3) is 11.0 Å². The number of rotatable bonds is 3. The zero-order valence-corrected chi connectivity index (χ0v) is 9.18. The predicted molar refractivity (Wildman–Crippen MR) is 58.4 cm³/mol. The zero-order chi connectivity index (χ0) is 11.7. The van der Waals surface area contributed by atoms with Crippen molar-refractivity contribution in [3.8, 4) is 0 Å². The van der Waals surface area contributed by atoms with Crippen LogP contribution in [0.1, 0.15) is 12.5 Å². The van der Waals surface area contributed by atoms with Gasteiger partial charge in [-0.3, -0.25) is 0 Å². The van der Waals surface area contributed by atoms with Gasteiger partial charge in [0.1, 0.15) is 11.4 Å². The van der Waals surface area contributed by atoms with Crippen LogP contribution in [0, 0.1) is 11.8 Å². The third-order valence-corrected chi connectivity index (χ3v) is 2.70. The summed E-state index contributed by atoms with van der Waals surface area (Å²) in [5.41, 5.74) is 0.811. The normalized spacial score (nSPS) is 13.2. The third-order valence-electron chi connectivity index (χ3n) is 2.70. The molecule has 86 valence electrons. The van der Waals surface area contributed by atoms with Gasteiger partial charge in [-0.05, 0) is 32.0 Å². The number of furan rings is 1. The van der Waals surface area contributed by atoms with E-state index in [9.17, 15) is 8.78 Å². The van der Waals surface area contributed by atoms with Crippen molar-refractivity contribution >= 4 is 11.0 Å². The molecule has 2 rings (SSSR count). The Labute approximate surface area is 92.2 Å². The maximum Gasteiger partial charge on any atom is 0.278 e. The van der Waals surface area contributed by atoms with E-state index in [1.807, 2.05) is 14.0 Å². The van der Waals surface area contributed by atoms with Crippen molar-refractivity contribution in [3.63, 3.8) is 0 Å². The number of benzene rings is 1. The smallest absolute Gasteiger partial charge is 0.278 e. The molecule has 4 heteroatoms. The molecule has 0 aliphatic rings. The molecule has 0 unspecified atom stereocenters. The molecule has 16 heavy (non-hydrogen) atoms. The summed E-state index contributed by atoms with van der Waals surface area (Å²) < 4.78 is 31.5. The van der Waals surface area contributed by atoms with E-state index >= 15 is 0 Å². The van der Waals surface area contributed by atoms with E-state index in [4.69, 9.17) is 4.42 Å². The lowest BCUT2D eigenvalue weighted by Crippen LogP contribution is -2.23. The fourth-order valence-corrected chi connectivity index (χ4v) is 1.68. The Balaban J connectivity index is 2.43. The molecule has 2 aromatic rings. The Kier molecular flexibility index (Phi) is 2.92. The second-order valence-electron chi connectivity index (χ2n) is 3.89. The summed E-state index contributed by atoms with van der Waals surface area (Å²) in [6, 6.07) is 3.72. The van der Waals surface area contributed by atoms with E-state index in [0.717, 1.165) is 6.07 Å². The summed E-state index contributed by atoms with van der Waals surface area (Å²) in [5, 5.41) is 3.24. The Morgan fingerprint density at radius 3 is 2.81 bits per heavy atom. The van der Waals surface area contributed by atoms with Crippen LogP contribution in [-0.4, -0.2) is 13.1 Å². The quantitative estimate of drug-likeness (QED) is 0.868. The second-order valence-corrected chi connectivity index (χ2v) is 3.89. The van der Waals surface area contributed by atoms with Gasteiger partial charge >= 0.3 is 0 Å². The van der Waals surface area contributed by atoms with Crippen LogP contribution in [0.4, 0.5) is 8.78 Å². The Morgan fingerprint density at radius 2 is 2.12 bits per heavy atom. The van der Waals surface area contributed by atoms with Crippen molar-refractivity contribution in [1.29, 1.82) is 0 Å². The largest absolute Gasteiger partial charge is 0.431 e. The second kappa shape index (κ2) is 4.22. The van der Waals surface area contributed by atoms with E-state index in [0.29, 0.717) is 12.0 Å². The van der Waals surface area contributed by atoms with Crippen LogP contribution in [0.3, 0.4) is 0 Å². The van der Waals surface area contributed by atoms with Crippen molar-refractivity contribution in [2.75, 3.05) is 7.05 Å². The van der Waals surface area contributed by atoms with Crippen LogP contribution in [0.5, 0.6) is 0 Å². The van der Waals surface area contributed by atoms with E-state index in [1.165, 1.54) is 0 Å². The Morgan fingerprint density at radius 1 is 1.38 bits per heavy atom. The molecule has 0 saturated heterocycles. The van der Waals surface area contributed by atoms with E-state index in [2.05, 4.69) is 5.32 Å². The summed E-state index contributed by atoms with van der Waals surface area (Å²) in [5.74, 6) is -0.396. The number of nitrogens with one attached hydrogen (secondary N) is 1. The van der Waals surface area contributed by atoms with Crippen molar-refractivity contribution in [2.45, 2.75) is 19.4 Å². The van der Waals surface area contributed by atoms with Crippen molar-refractivity contribution in [1.82, 2.24) is 5.32 Å². The molecule has 1 N–H and O–H groups in total. The molecular weight excluding hydrogens is 212 g/mol. The summed E-state index contributed by atoms with van der Waals surface area (Å²) in [4.78, 5) is 0. The summed E-state index contributed by atoms with van der Waals surface area (Å²) in [6.45, 7) is 1.96. The highest BCUT2D eigenvalue weighted by atomic mass is 19.1. The van der Waals surface area contributed by atoms with Gasteiger partial charge in [0.05, 0.1) is 5.39 Å². The molecular formula is C12H13F2NO. The maximum absolute atomic E-state index is 13.9. The molecule has 0 amide bonds. The van der Waals surface area contributed by atoms with Gasteiger partial charge in [-0.1, -0.05) is 6.07 Å². The number of likely N-dealkylation sites (N-methyl/N-ethyl adjacent to an activating group) is 1. The molecule has 0 bridgehead atoms. The molecule has 0 aliphatic carbocycles. The van der Waals surface area contributed by atoms with Crippen LogP contribution in [0.2, 0.25) is 0 Å². The highest BCUT2D eigenvalue weighted by Crippen LogP contribution is 2.24. The van der Waals surface area contributed by atoms with Crippen molar-refractivity contribution in [2.24, 2.45) is 0 Å². The van der Waals surface area contributed by atoms with Crippen LogP contribution in [0.15, 0.2) is 22.6 Å². The molecule has 0 spiro atoms. The van der Waals surface area contributed by atoms with Gasteiger partial charge in [-0.25, -0.2) is 4.39 Å². The number of hydrogen-bond acceptors (Lipinski definition) is 2. The number of hydrogen-bond donors (Lipinski definition) is 1. The number of fused-ring (bicyclic) bond motifs is 1. The summed E-state index contributed by atoms with van der Waals surface area (Å²) in [6.07, 6.45) is 0.561. The first kappa shape index (κ1) is 11.1. The summed E-state index contributed by atoms with van der Waals surface area (Å²) >= 11 is 0. The van der Waals surface area contributed by atoms with Gasteiger partial charge in [0, 0.05) is 12.1 Å². The fraction of sp³-hybridized carbons (Fsp3) is 0.333. The van der Waals surface area contributed by atoms with Gasteiger partial charge < -0.3 is 9.73 Å². The first-order valence-corrected chi connectivity index (χ1v) is 5.15. The molecule has 0 aliphatic heterocycles. The van der Waals surface area contributed by atoms with Crippen LogP contribution < -0.4 is 5.32 Å². The van der Waals surface area contributed by atoms with Crippen LogP contribution >= 0.6 is 0 Å². The minimum absolute atomic E-state index is 0.170. The first-order valence-electron chi connectivity index (χ1n) is 5.15. The van der Waals surface area contributed by atoms with Gasteiger partial charge in [0.15, 0.2) is 0 Å². The minimum Gasteiger partial charge on any atom is -0.431 e. The monoisotopic (exact) mass is 225 g/mol. The predicted octanol–water partition coefficient (Wildman–Crippen LogP) is 2.86. The topological polar surface area (TPSA) is 25.2 Å². The molecule has 1 heterocycles. The SMILES string of the molecule is CN[C@@H](C)Cc1ccc2oc(F)cc2c1F. The Hall–Kier alpha value is -1.42. The highest BCUT2D eigenvalue weighted by molar-refractivity contribution is 5.78. The van der Waals surface area contributed by atoms with Gasteiger partial charge in [-0.2, -0.15) is 4.39 Å². The molecule has 1 aromatic heterocycles. The summed E-state index contributed by atoms with van der Waals surface area (Å²) in [7, 11) is 1.82. The minimum atomic E-state index is -0.757. The van der Waals surface area contributed by atoms with E-state index < -0.39 is 11.8 Å². The lowest BCUT2D eigenvalue weighted by atomic mass is 10.0. The standard InChI is InChI=1S/C12H13F2NO/c1-7(15-2)5-8-3-4-10-9(12(8)14)6-11(13)16-10/h3-4,6-7,15H,5H2,1-2H3/t7-/m0/s1. The number of halogens is 2. The Bertz CT molecular complexity index is 507. The van der Waals surface area contributed by atoms with E-state index in [-0.39, 0.29) is 17.0 Å². The van der Waals surface area contributed by atoms with Crippen molar-refractivity contribution < 1.29 is 13.2 Å². The third kappa shape index (κ3) is 1.93. The first-order chi connectivity index (χ1) is 7.61. The van der Waals surface area contributed by atoms with Gasteiger partial charge in [-0.15, -0.1) is 0 Å². The van der Waals surface area contributed by atoms with E-state index in [1.54, 1.807) is 12.1 Å². The highest BCUT2D eigenvalue weighted by Gasteiger charge is 2.13. The van der Waals surface area contributed by atoms with Crippen LogP contribution in [-0.2, 0) is 6.42 Å². The molecule has 0 saturated carbocycles. The molecule has 1 aromatic carbocycles. The average molecular weight is 225 g/mol. The molecule has 0 fully saturated rings. The van der Waals surface area contributed by atoms with Gasteiger partial charge in [0.2, 0.25) is 0 Å². The zero-order valence-electron chi connectivity index (χ0n) is 9.18.